The fraction of sp³-hybridized carbons (Fsp3) is 0.529. The van der Waals surface area contributed by atoms with E-state index in [-0.39, 0.29) is 18.5 Å². The number of benzene rings is 1. The fourth-order valence-electron chi connectivity index (χ4n) is 1.99. The highest BCUT2D eigenvalue weighted by molar-refractivity contribution is 5.84. The van der Waals surface area contributed by atoms with Gasteiger partial charge in [0.05, 0.1) is 0 Å². The summed E-state index contributed by atoms with van der Waals surface area (Å²) < 4.78 is 0. The SMILES string of the molecule is CCNC(=NCC(=O)N(C)C)NC(C)C(C)c1ccccc1. The zero-order valence-electron chi connectivity index (χ0n) is 14.3. The first-order chi connectivity index (χ1) is 10.5. The lowest BCUT2D eigenvalue weighted by atomic mass is 9.94. The molecule has 0 bridgehead atoms. The minimum Gasteiger partial charge on any atom is -0.357 e. The second-order valence-corrected chi connectivity index (χ2v) is 5.62. The molecule has 2 atom stereocenters. The van der Waals surface area contributed by atoms with Gasteiger partial charge in [0.1, 0.15) is 6.54 Å². The first-order valence-electron chi connectivity index (χ1n) is 7.75. The van der Waals surface area contributed by atoms with Crippen molar-refractivity contribution in [3.63, 3.8) is 0 Å². The van der Waals surface area contributed by atoms with Crippen LogP contribution in [0.4, 0.5) is 0 Å². The molecule has 0 heterocycles. The fourth-order valence-corrected chi connectivity index (χ4v) is 1.99. The van der Waals surface area contributed by atoms with Crippen molar-refractivity contribution in [2.75, 3.05) is 27.2 Å². The van der Waals surface area contributed by atoms with Gasteiger partial charge in [0.15, 0.2) is 5.96 Å². The number of likely N-dealkylation sites (N-methyl/N-ethyl adjacent to an activating group) is 1. The molecule has 2 N–H and O–H groups in total. The van der Waals surface area contributed by atoms with Crippen molar-refractivity contribution < 1.29 is 4.79 Å². The Kier molecular flexibility index (Phi) is 7.43. The summed E-state index contributed by atoms with van der Waals surface area (Å²) in [6, 6.07) is 10.6. The Morgan fingerprint density at radius 1 is 1.23 bits per heavy atom. The van der Waals surface area contributed by atoms with Crippen molar-refractivity contribution in [2.24, 2.45) is 4.99 Å². The van der Waals surface area contributed by atoms with Crippen LogP contribution in [0.1, 0.15) is 32.3 Å². The largest absolute Gasteiger partial charge is 0.357 e. The molecule has 0 aliphatic carbocycles. The Bertz CT molecular complexity index is 485. The number of carbonyl (C=O) groups is 1. The monoisotopic (exact) mass is 304 g/mol. The van der Waals surface area contributed by atoms with Crippen LogP contribution in [-0.2, 0) is 4.79 Å². The van der Waals surface area contributed by atoms with Gasteiger partial charge in [-0.25, -0.2) is 4.99 Å². The van der Waals surface area contributed by atoms with Gasteiger partial charge in [-0.15, -0.1) is 0 Å². The summed E-state index contributed by atoms with van der Waals surface area (Å²) >= 11 is 0. The number of hydrogen-bond acceptors (Lipinski definition) is 2. The second-order valence-electron chi connectivity index (χ2n) is 5.62. The van der Waals surface area contributed by atoms with Crippen molar-refractivity contribution in [2.45, 2.75) is 32.7 Å². The molecule has 0 spiro atoms. The minimum absolute atomic E-state index is 0.0130. The van der Waals surface area contributed by atoms with E-state index in [1.165, 1.54) is 5.56 Å². The number of nitrogens with one attached hydrogen (secondary N) is 2. The molecule has 5 nitrogen and oxygen atoms in total. The van der Waals surface area contributed by atoms with Gasteiger partial charge in [-0.3, -0.25) is 4.79 Å². The number of nitrogens with zero attached hydrogens (tertiary/aromatic N) is 2. The lowest BCUT2D eigenvalue weighted by molar-refractivity contribution is -0.127. The Balaban J connectivity index is 2.69. The van der Waals surface area contributed by atoms with E-state index in [0.717, 1.165) is 6.54 Å². The van der Waals surface area contributed by atoms with Crippen molar-refractivity contribution in [3.8, 4) is 0 Å². The highest BCUT2D eigenvalue weighted by atomic mass is 16.2. The predicted molar refractivity (Wildman–Crippen MR) is 92.1 cm³/mol. The third-order valence-corrected chi connectivity index (χ3v) is 3.66. The Hall–Kier alpha value is -2.04. The molecular weight excluding hydrogens is 276 g/mol. The minimum atomic E-state index is -0.0130. The molecule has 2 unspecified atom stereocenters. The van der Waals surface area contributed by atoms with E-state index in [0.29, 0.717) is 11.9 Å². The van der Waals surface area contributed by atoms with Crippen molar-refractivity contribution in [3.05, 3.63) is 35.9 Å². The summed E-state index contributed by atoms with van der Waals surface area (Å²) in [6.45, 7) is 7.22. The van der Waals surface area contributed by atoms with Crippen molar-refractivity contribution in [1.82, 2.24) is 15.5 Å². The molecular formula is C17H28N4O. The topological polar surface area (TPSA) is 56.7 Å². The molecule has 1 aromatic rings. The molecule has 1 rings (SSSR count). The van der Waals surface area contributed by atoms with Crippen LogP contribution in [-0.4, -0.2) is 50.0 Å². The van der Waals surface area contributed by atoms with E-state index in [1.807, 2.05) is 25.1 Å². The van der Waals surface area contributed by atoms with Crippen molar-refractivity contribution >= 4 is 11.9 Å². The van der Waals surface area contributed by atoms with Gasteiger partial charge in [0, 0.05) is 32.6 Å². The summed E-state index contributed by atoms with van der Waals surface area (Å²) in [6.07, 6.45) is 0. The number of carbonyl (C=O) groups excluding carboxylic acids is 1. The maximum atomic E-state index is 11.7. The van der Waals surface area contributed by atoms with Crippen LogP contribution in [0.2, 0.25) is 0 Å². The lowest BCUT2D eigenvalue weighted by Gasteiger charge is -2.24. The molecule has 0 aliphatic heterocycles. The third-order valence-electron chi connectivity index (χ3n) is 3.66. The van der Waals surface area contributed by atoms with Gasteiger partial charge in [0.25, 0.3) is 0 Å². The van der Waals surface area contributed by atoms with Crippen LogP contribution in [0.15, 0.2) is 35.3 Å². The molecule has 1 amide bonds. The van der Waals surface area contributed by atoms with Crippen molar-refractivity contribution in [1.29, 1.82) is 0 Å². The highest BCUT2D eigenvalue weighted by Gasteiger charge is 2.15. The summed E-state index contributed by atoms with van der Waals surface area (Å²) in [5.41, 5.74) is 1.28. The van der Waals surface area contributed by atoms with E-state index >= 15 is 0 Å². The Morgan fingerprint density at radius 2 is 1.86 bits per heavy atom. The highest BCUT2D eigenvalue weighted by Crippen LogP contribution is 2.18. The van der Waals surface area contributed by atoms with Crippen LogP contribution in [0.25, 0.3) is 0 Å². The number of hydrogen-bond donors (Lipinski definition) is 2. The van der Waals surface area contributed by atoms with Gasteiger partial charge in [-0.2, -0.15) is 0 Å². The van der Waals surface area contributed by atoms with E-state index in [1.54, 1.807) is 19.0 Å². The number of guanidine groups is 1. The molecule has 22 heavy (non-hydrogen) atoms. The molecule has 5 heteroatoms. The molecule has 1 aromatic carbocycles. The standard InChI is InChI=1S/C17H28N4O/c1-6-18-17(19-12-16(22)21(4)5)20-14(3)13(2)15-10-8-7-9-11-15/h7-11,13-14H,6,12H2,1-5H3,(H2,18,19,20). The molecule has 0 saturated carbocycles. The van der Waals surface area contributed by atoms with Crippen LogP contribution < -0.4 is 10.6 Å². The molecule has 0 aromatic heterocycles. The van der Waals surface area contributed by atoms with Gasteiger partial charge in [-0.05, 0) is 19.4 Å². The average molecular weight is 304 g/mol. The zero-order chi connectivity index (χ0) is 16.5. The average Bonchev–Trinajstić information content (AvgIpc) is 2.52. The lowest BCUT2D eigenvalue weighted by Crippen LogP contribution is -2.44. The summed E-state index contributed by atoms with van der Waals surface area (Å²) in [5, 5.41) is 6.56. The third kappa shape index (κ3) is 5.76. The molecule has 0 aliphatic rings. The molecule has 0 fully saturated rings. The number of rotatable bonds is 6. The van der Waals surface area contributed by atoms with E-state index < -0.39 is 0 Å². The maximum absolute atomic E-state index is 11.7. The van der Waals surface area contributed by atoms with E-state index in [4.69, 9.17) is 0 Å². The van der Waals surface area contributed by atoms with Gasteiger partial charge < -0.3 is 15.5 Å². The van der Waals surface area contributed by atoms with E-state index in [2.05, 4.69) is 41.6 Å². The Labute approximate surface area is 133 Å². The summed E-state index contributed by atoms with van der Waals surface area (Å²) in [5.74, 6) is 1.00. The predicted octanol–water partition coefficient (Wildman–Crippen LogP) is 1.82. The van der Waals surface area contributed by atoms with Gasteiger partial charge >= 0.3 is 0 Å². The van der Waals surface area contributed by atoms with Gasteiger partial charge in [0.2, 0.25) is 5.91 Å². The quantitative estimate of drug-likeness (QED) is 0.622. The first kappa shape index (κ1) is 18.0. The molecule has 122 valence electrons. The van der Waals surface area contributed by atoms with Crippen LogP contribution >= 0.6 is 0 Å². The molecule has 0 saturated heterocycles. The summed E-state index contributed by atoms with van der Waals surface area (Å²) in [4.78, 5) is 17.6. The van der Waals surface area contributed by atoms with Crippen LogP contribution in [0.5, 0.6) is 0 Å². The summed E-state index contributed by atoms with van der Waals surface area (Å²) in [7, 11) is 3.47. The first-order valence-corrected chi connectivity index (χ1v) is 7.75. The van der Waals surface area contributed by atoms with Crippen LogP contribution in [0.3, 0.4) is 0 Å². The van der Waals surface area contributed by atoms with E-state index in [9.17, 15) is 4.79 Å². The normalized spacial score (nSPS) is 14.1. The maximum Gasteiger partial charge on any atom is 0.243 e. The Morgan fingerprint density at radius 3 is 2.41 bits per heavy atom. The zero-order valence-corrected chi connectivity index (χ0v) is 14.3. The number of amides is 1. The smallest absolute Gasteiger partial charge is 0.243 e. The second kappa shape index (κ2) is 9.07. The number of aliphatic imine (C=N–C) groups is 1. The van der Waals surface area contributed by atoms with Crippen LogP contribution in [0, 0.1) is 0 Å². The van der Waals surface area contributed by atoms with Gasteiger partial charge in [-0.1, -0.05) is 37.3 Å². The molecule has 0 radical (unpaired) electrons.